The Morgan fingerprint density at radius 1 is 1.26 bits per heavy atom. The highest BCUT2D eigenvalue weighted by atomic mass is 16.6. The lowest BCUT2D eigenvalue weighted by Gasteiger charge is -2.34. The van der Waals surface area contributed by atoms with Gasteiger partial charge in [-0.25, -0.2) is 4.79 Å². The molecule has 2 unspecified atom stereocenters. The smallest absolute Gasteiger partial charge is 0.407 e. The number of aryl methyl sites for hydroxylation is 2. The molecule has 3 N–H and O–H groups in total. The van der Waals surface area contributed by atoms with Crippen LogP contribution >= 0.6 is 0 Å². The van der Waals surface area contributed by atoms with E-state index in [1.165, 1.54) is 11.1 Å². The molecular formula is C18H31N3O2. The number of nitrogens with two attached hydrogens (primary N) is 1. The van der Waals surface area contributed by atoms with Crippen LogP contribution in [-0.4, -0.2) is 37.4 Å². The van der Waals surface area contributed by atoms with Crippen molar-refractivity contribution in [3.63, 3.8) is 0 Å². The SMILES string of the molecule is Cc1cc(C)cc(N(C)C(CN)C(C)NC(=O)OC(C)(C)C)c1. The van der Waals surface area contributed by atoms with Crippen molar-refractivity contribution < 1.29 is 9.53 Å². The van der Waals surface area contributed by atoms with Gasteiger partial charge >= 0.3 is 6.09 Å². The fourth-order valence-electron chi connectivity index (χ4n) is 2.63. The third-order valence-corrected chi connectivity index (χ3v) is 3.67. The van der Waals surface area contributed by atoms with Crippen LogP contribution < -0.4 is 16.0 Å². The van der Waals surface area contributed by atoms with E-state index in [1.807, 2.05) is 34.7 Å². The number of nitrogens with zero attached hydrogens (tertiary/aromatic N) is 1. The number of hydrogen-bond donors (Lipinski definition) is 2. The molecule has 0 aliphatic heterocycles. The summed E-state index contributed by atoms with van der Waals surface area (Å²) in [4.78, 5) is 14.1. The van der Waals surface area contributed by atoms with Crippen LogP contribution in [0.3, 0.4) is 0 Å². The monoisotopic (exact) mass is 321 g/mol. The predicted octanol–water partition coefficient (Wildman–Crippen LogP) is 2.98. The van der Waals surface area contributed by atoms with Gasteiger partial charge in [-0.1, -0.05) is 6.07 Å². The summed E-state index contributed by atoms with van der Waals surface area (Å²) in [6, 6.07) is 6.22. The standard InChI is InChI=1S/C18H31N3O2/c1-12-8-13(2)10-15(9-12)21(7)16(11-19)14(3)20-17(22)23-18(4,5)6/h8-10,14,16H,11,19H2,1-7H3,(H,20,22). The minimum Gasteiger partial charge on any atom is -0.444 e. The van der Waals surface area contributed by atoms with Gasteiger partial charge in [0.25, 0.3) is 0 Å². The summed E-state index contributed by atoms with van der Waals surface area (Å²) in [7, 11) is 2.00. The van der Waals surface area contributed by atoms with Gasteiger partial charge in [0.1, 0.15) is 5.60 Å². The minimum absolute atomic E-state index is 0.0243. The van der Waals surface area contributed by atoms with E-state index in [0.717, 1.165) is 5.69 Å². The van der Waals surface area contributed by atoms with Crippen molar-refractivity contribution in [1.82, 2.24) is 5.32 Å². The van der Waals surface area contributed by atoms with Gasteiger partial charge in [0.05, 0.1) is 12.1 Å². The van der Waals surface area contributed by atoms with Crippen LogP contribution in [0.25, 0.3) is 0 Å². The molecular weight excluding hydrogens is 290 g/mol. The van der Waals surface area contributed by atoms with E-state index in [-0.39, 0.29) is 12.1 Å². The first-order valence-electron chi connectivity index (χ1n) is 8.04. The highest BCUT2D eigenvalue weighted by molar-refractivity contribution is 5.68. The number of hydrogen-bond acceptors (Lipinski definition) is 4. The average molecular weight is 321 g/mol. The zero-order valence-electron chi connectivity index (χ0n) is 15.4. The van der Waals surface area contributed by atoms with E-state index in [2.05, 4.69) is 42.3 Å². The quantitative estimate of drug-likeness (QED) is 0.875. The maximum absolute atomic E-state index is 12.0. The van der Waals surface area contributed by atoms with Crippen molar-refractivity contribution in [1.29, 1.82) is 0 Å². The molecule has 1 aromatic rings. The second kappa shape index (κ2) is 7.68. The molecule has 5 heteroatoms. The summed E-state index contributed by atoms with van der Waals surface area (Å²) in [5.74, 6) is 0. The number of benzene rings is 1. The number of nitrogens with one attached hydrogen (secondary N) is 1. The van der Waals surface area contributed by atoms with Gasteiger partial charge in [0.15, 0.2) is 0 Å². The maximum Gasteiger partial charge on any atom is 0.407 e. The Bertz CT molecular complexity index is 517. The van der Waals surface area contributed by atoms with Crippen LogP contribution in [0.15, 0.2) is 18.2 Å². The normalized spacial score (nSPS) is 14.1. The molecule has 1 rings (SSSR count). The van der Waals surface area contributed by atoms with Gasteiger partial charge < -0.3 is 20.7 Å². The van der Waals surface area contributed by atoms with Crippen molar-refractivity contribution >= 4 is 11.8 Å². The van der Waals surface area contributed by atoms with Gasteiger partial charge in [-0.15, -0.1) is 0 Å². The van der Waals surface area contributed by atoms with E-state index in [1.54, 1.807) is 0 Å². The molecule has 2 atom stereocenters. The third kappa shape index (κ3) is 6.10. The summed E-state index contributed by atoms with van der Waals surface area (Å²) in [6.45, 7) is 12.1. The number of amides is 1. The van der Waals surface area contributed by atoms with Crippen molar-refractivity contribution in [2.75, 3.05) is 18.5 Å². The number of rotatable bonds is 5. The summed E-state index contributed by atoms with van der Waals surface area (Å²) in [5, 5.41) is 2.88. The van der Waals surface area contributed by atoms with E-state index in [4.69, 9.17) is 10.5 Å². The van der Waals surface area contributed by atoms with E-state index < -0.39 is 11.7 Å². The third-order valence-electron chi connectivity index (χ3n) is 3.67. The lowest BCUT2D eigenvalue weighted by atomic mass is 10.1. The van der Waals surface area contributed by atoms with Gasteiger partial charge in [-0.2, -0.15) is 0 Å². The highest BCUT2D eigenvalue weighted by Gasteiger charge is 2.25. The van der Waals surface area contributed by atoms with Crippen molar-refractivity contribution in [3.8, 4) is 0 Å². The van der Waals surface area contributed by atoms with Crippen LogP contribution in [0.1, 0.15) is 38.8 Å². The fourth-order valence-corrected chi connectivity index (χ4v) is 2.63. The molecule has 0 aromatic heterocycles. The van der Waals surface area contributed by atoms with Gasteiger partial charge in [0.2, 0.25) is 0 Å². The molecule has 0 fully saturated rings. The average Bonchev–Trinajstić information content (AvgIpc) is 2.35. The number of likely N-dealkylation sites (N-methyl/N-ethyl adjacent to an activating group) is 1. The van der Waals surface area contributed by atoms with E-state index in [0.29, 0.717) is 6.54 Å². The molecule has 23 heavy (non-hydrogen) atoms. The molecule has 0 saturated heterocycles. The van der Waals surface area contributed by atoms with Crippen molar-refractivity contribution in [2.45, 2.75) is 59.2 Å². The Morgan fingerprint density at radius 3 is 2.22 bits per heavy atom. The molecule has 0 saturated carbocycles. The largest absolute Gasteiger partial charge is 0.444 e. The molecule has 1 aromatic carbocycles. The summed E-state index contributed by atoms with van der Waals surface area (Å²) < 4.78 is 5.32. The van der Waals surface area contributed by atoms with Crippen LogP contribution in [0.5, 0.6) is 0 Å². The second-order valence-corrected chi connectivity index (χ2v) is 7.19. The van der Waals surface area contributed by atoms with Gasteiger partial charge in [0, 0.05) is 19.3 Å². The Labute approximate surface area is 140 Å². The molecule has 0 bridgehead atoms. The van der Waals surface area contributed by atoms with E-state index in [9.17, 15) is 4.79 Å². The molecule has 0 aliphatic rings. The number of carbonyl (C=O) groups is 1. The Kier molecular flexibility index (Phi) is 6.45. The number of carbonyl (C=O) groups excluding carboxylic acids is 1. The lowest BCUT2D eigenvalue weighted by molar-refractivity contribution is 0.0502. The molecule has 1 amide bonds. The highest BCUT2D eigenvalue weighted by Crippen LogP contribution is 2.20. The summed E-state index contributed by atoms with van der Waals surface area (Å²) in [6.07, 6.45) is -0.419. The number of alkyl carbamates (subject to hydrolysis) is 1. The van der Waals surface area contributed by atoms with Crippen LogP contribution in [0.4, 0.5) is 10.5 Å². The van der Waals surface area contributed by atoms with Gasteiger partial charge in [-0.3, -0.25) is 0 Å². The molecule has 0 spiro atoms. The zero-order valence-corrected chi connectivity index (χ0v) is 15.4. The van der Waals surface area contributed by atoms with Crippen molar-refractivity contribution in [2.24, 2.45) is 5.73 Å². The Morgan fingerprint density at radius 2 is 1.78 bits per heavy atom. The summed E-state index contributed by atoms with van der Waals surface area (Å²) >= 11 is 0. The van der Waals surface area contributed by atoms with Crippen molar-refractivity contribution in [3.05, 3.63) is 29.3 Å². The Hall–Kier alpha value is -1.75. The number of anilines is 1. The molecule has 5 nitrogen and oxygen atoms in total. The van der Waals surface area contributed by atoms with Crippen LogP contribution in [-0.2, 0) is 4.74 Å². The first-order chi connectivity index (χ1) is 10.5. The first-order valence-corrected chi connectivity index (χ1v) is 8.04. The molecule has 130 valence electrons. The summed E-state index contributed by atoms with van der Waals surface area (Å²) in [5.41, 5.74) is 8.95. The topological polar surface area (TPSA) is 67.6 Å². The molecule has 0 radical (unpaired) electrons. The Balaban J connectivity index is 2.83. The van der Waals surface area contributed by atoms with Crippen LogP contribution in [0, 0.1) is 13.8 Å². The minimum atomic E-state index is -0.512. The maximum atomic E-state index is 12.0. The second-order valence-electron chi connectivity index (χ2n) is 7.19. The lowest BCUT2D eigenvalue weighted by Crippen LogP contribution is -2.53. The zero-order chi connectivity index (χ0) is 17.8. The predicted molar refractivity (Wildman–Crippen MR) is 96.0 cm³/mol. The van der Waals surface area contributed by atoms with Crippen LogP contribution in [0.2, 0.25) is 0 Å². The van der Waals surface area contributed by atoms with Gasteiger partial charge in [-0.05, 0) is 64.8 Å². The first kappa shape index (κ1) is 19.3. The molecule has 0 heterocycles. The number of ether oxygens (including phenoxy) is 1. The fraction of sp³-hybridized carbons (Fsp3) is 0.611. The van der Waals surface area contributed by atoms with E-state index >= 15 is 0 Å². The molecule has 0 aliphatic carbocycles.